The van der Waals surface area contributed by atoms with E-state index >= 15 is 0 Å². The molecule has 1 fully saturated rings. The SMILES string of the molecule is CCOC(CCNC(=O)N1CCC(CO)C1)C(C)C. The number of aliphatic hydroxyl groups is 1. The van der Waals surface area contributed by atoms with E-state index in [2.05, 4.69) is 19.2 Å². The maximum absolute atomic E-state index is 11.9. The van der Waals surface area contributed by atoms with Crippen molar-refractivity contribution in [3.8, 4) is 0 Å². The summed E-state index contributed by atoms with van der Waals surface area (Å²) in [5.74, 6) is 0.708. The summed E-state index contributed by atoms with van der Waals surface area (Å²) in [6.07, 6.45) is 1.94. The van der Waals surface area contributed by atoms with Crippen LogP contribution in [-0.4, -0.2) is 55.0 Å². The predicted molar refractivity (Wildman–Crippen MR) is 75.0 cm³/mol. The summed E-state index contributed by atoms with van der Waals surface area (Å²) in [5.41, 5.74) is 0. The van der Waals surface area contributed by atoms with Crippen molar-refractivity contribution in [2.45, 2.75) is 39.7 Å². The summed E-state index contributed by atoms with van der Waals surface area (Å²) in [5, 5.41) is 12.0. The zero-order valence-corrected chi connectivity index (χ0v) is 12.4. The molecule has 0 aromatic rings. The van der Waals surface area contributed by atoms with Crippen molar-refractivity contribution in [1.82, 2.24) is 10.2 Å². The molecule has 2 unspecified atom stereocenters. The van der Waals surface area contributed by atoms with E-state index in [9.17, 15) is 4.79 Å². The molecule has 0 bridgehead atoms. The number of likely N-dealkylation sites (tertiary alicyclic amines) is 1. The van der Waals surface area contributed by atoms with Gasteiger partial charge in [-0.2, -0.15) is 0 Å². The molecule has 1 heterocycles. The summed E-state index contributed by atoms with van der Waals surface area (Å²) in [4.78, 5) is 13.7. The molecule has 1 aliphatic heterocycles. The molecule has 2 atom stereocenters. The molecule has 1 saturated heterocycles. The smallest absolute Gasteiger partial charge is 0.317 e. The highest BCUT2D eigenvalue weighted by molar-refractivity contribution is 5.74. The van der Waals surface area contributed by atoms with Gasteiger partial charge in [-0.3, -0.25) is 0 Å². The molecule has 1 aliphatic rings. The number of hydrogen-bond acceptors (Lipinski definition) is 3. The van der Waals surface area contributed by atoms with Crippen LogP contribution < -0.4 is 5.32 Å². The Morgan fingerprint density at radius 3 is 2.79 bits per heavy atom. The predicted octanol–water partition coefficient (Wildman–Crippen LogP) is 1.46. The minimum absolute atomic E-state index is 0.0186. The lowest BCUT2D eigenvalue weighted by molar-refractivity contribution is 0.0254. The molecule has 0 aromatic heterocycles. The molecule has 2 amide bonds. The first-order chi connectivity index (χ1) is 9.08. The zero-order valence-electron chi connectivity index (χ0n) is 12.4. The molecule has 0 aromatic carbocycles. The molecular weight excluding hydrogens is 244 g/mol. The van der Waals surface area contributed by atoms with Gasteiger partial charge in [-0.15, -0.1) is 0 Å². The fourth-order valence-corrected chi connectivity index (χ4v) is 2.42. The third kappa shape index (κ3) is 5.37. The topological polar surface area (TPSA) is 61.8 Å². The largest absolute Gasteiger partial charge is 0.396 e. The van der Waals surface area contributed by atoms with Gasteiger partial charge in [0, 0.05) is 38.8 Å². The van der Waals surface area contributed by atoms with E-state index in [-0.39, 0.29) is 24.7 Å². The van der Waals surface area contributed by atoms with Gasteiger partial charge in [0.05, 0.1) is 6.10 Å². The average Bonchev–Trinajstić information content (AvgIpc) is 2.86. The van der Waals surface area contributed by atoms with E-state index in [4.69, 9.17) is 9.84 Å². The summed E-state index contributed by atoms with van der Waals surface area (Å²) >= 11 is 0. The van der Waals surface area contributed by atoms with Gasteiger partial charge >= 0.3 is 6.03 Å². The quantitative estimate of drug-likeness (QED) is 0.737. The second-order valence-corrected chi connectivity index (χ2v) is 5.54. The molecule has 5 heteroatoms. The van der Waals surface area contributed by atoms with Crippen molar-refractivity contribution in [2.75, 3.05) is 32.8 Å². The van der Waals surface area contributed by atoms with Crippen LogP contribution in [0.25, 0.3) is 0 Å². The molecular formula is C14H28N2O3. The van der Waals surface area contributed by atoms with Crippen LogP contribution in [0.15, 0.2) is 0 Å². The Morgan fingerprint density at radius 1 is 1.53 bits per heavy atom. The van der Waals surface area contributed by atoms with Gasteiger partial charge in [0.15, 0.2) is 0 Å². The standard InChI is InChI=1S/C14H28N2O3/c1-4-19-13(11(2)3)5-7-15-14(18)16-8-6-12(9-16)10-17/h11-13,17H,4-10H2,1-3H3,(H,15,18). The number of hydrogen-bond donors (Lipinski definition) is 2. The Kier molecular flexibility index (Phi) is 7.16. The molecule has 5 nitrogen and oxygen atoms in total. The number of ether oxygens (including phenoxy) is 1. The first-order valence-electron chi connectivity index (χ1n) is 7.33. The van der Waals surface area contributed by atoms with Gasteiger partial charge in [0.1, 0.15) is 0 Å². The minimum atomic E-state index is -0.0186. The highest BCUT2D eigenvalue weighted by atomic mass is 16.5. The molecule has 0 spiro atoms. The lowest BCUT2D eigenvalue weighted by atomic mass is 10.0. The Labute approximate surface area is 116 Å². The van der Waals surface area contributed by atoms with Crippen molar-refractivity contribution in [3.05, 3.63) is 0 Å². The van der Waals surface area contributed by atoms with Crippen LogP contribution in [0.4, 0.5) is 4.79 Å². The van der Waals surface area contributed by atoms with E-state index in [0.29, 0.717) is 25.6 Å². The summed E-state index contributed by atoms with van der Waals surface area (Å²) < 4.78 is 5.65. The van der Waals surface area contributed by atoms with E-state index in [1.807, 2.05) is 6.92 Å². The van der Waals surface area contributed by atoms with Gasteiger partial charge in [-0.25, -0.2) is 4.79 Å². The number of amides is 2. The van der Waals surface area contributed by atoms with Crippen molar-refractivity contribution in [1.29, 1.82) is 0 Å². The Balaban J connectivity index is 2.23. The first-order valence-corrected chi connectivity index (χ1v) is 7.33. The van der Waals surface area contributed by atoms with Crippen LogP contribution in [0, 0.1) is 11.8 Å². The number of carbonyl (C=O) groups excluding carboxylic acids is 1. The van der Waals surface area contributed by atoms with Crippen molar-refractivity contribution in [3.63, 3.8) is 0 Å². The van der Waals surface area contributed by atoms with Crippen LogP contribution in [0.1, 0.15) is 33.6 Å². The Bertz CT molecular complexity index is 271. The maximum atomic E-state index is 11.9. The molecule has 112 valence electrons. The molecule has 0 radical (unpaired) electrons. The van der Waals surface area contributed by atoms with Gasteiger partial charge < -0.3 is 20.1 Å². The van der Waals surface area contributed by atoms with Gasteiger partial charge in [0.25, 0.3) is 0 Å². The second-order valence-electron chi connectivity index (χ2n) is 5.54. The second kappa shape index (κ2) is 8.38. The molecule has 19 heavy (non-hydrogen) atoms. The van der Waals surface area contributed by atoms with Crippen molar-refractivity contribution in [2.24, 2.45) is 11.8 Å². The molecule has 1 rings (SSSR count). The van der Waals surface area contributed by atoms with Crippen LogP contribution in [-0.2, 0) is 4.74 Å². The average molecular weight is 272 g/mol. The van der Waals surface area contributed by atoms with Gasteiger partial charge in [-0.05, 0) is 25.7 Å². The van der Waals surface area contributed by atoms with Gasteiger partial charge in [0.2, 0.25) is 0 Å². The third-order valence-electron chi connectivity index (χ3n) is 3.66. The zero-order chi connectivity index (χ0) is 14.3. The Morgan fingerprint density at radius 2 is 2.26 bits per heavy atom. The summed E-state index contributed by atoms with van der Waals surface area (Å²) in [6, 6.07) is -0.0186. The Hall–Kier alpha value is -0.810. The van der Waals surface area contributed by atoms with Crippen molar-refractivity contribution >= 4 is 6.03 Å². The highest BCUT2D eigenvalue weighted by Gasteiger charge is 2.25. The normalized spacial score (nSPS) is 20.9. The first kappa shape index (κ1) is 16.2. The number of carbonyl (C=O) groups is 1. The van der Waals surface area contributed by atoms with Crippen LogP contribution >= 0.6 is 0 Å². The molecule has 2 N–H and O–H groups in total. The van der Waals surface area contributed by atoms with E-state index in [1.165, 1.54) is 0 Å². The number of aliphatic hydroxyl groups excluding tert-OH is 1. The van der Waals surface area contributed by atoms with Gasteiger partial charge in [-0.1, -0.05) is 13.8 Å². The molecule has 0 aliphatic carbocycles. The van der Waals surface area contributed by atoms with Crippen molar-refractivity contribution < 1.29 is 14.6 Å². The fourth-order valence-electron chi connectivity index (χ4n) is 2.42. The summed E-state index contributed by atoms with van der Waals surface area (Å²) in [7, 11) is 0. The minimum Gasteiger partial charge on any atom is -0.396 e. The number of rotatable bonds is 7. The number of urea groups is 1. The lowest BCUT2D eigenvalue weighted by Crippen LogP contribution is -2.40. The van der Waals surface area contributed by atoms with Crippen LogP contribution in [0.5, 0.6) is 0 Å². The van der Waals surface area contributed by atoms with E-state index in [0.717, 1.165) is 19.4 Å². The maximum Gasteiger partial charge on any atom is 0.317 e. The summed E-state index contributed by atoms with van der Waals surface area (Å²) in [6.45, 7) is 9.19. The third-order valence-corrected chi connectivity index (χ3v) is 3.66. The monoisotopic (exact) mass is 272 g/mol. The highest BCUT2D eigenvalue weighted by Crippen LogP contribution is 2.15. The number of nitrogens with one attached hydrogen (secondary N) is 1. The van der Waals surface area contributed by atoms with Crippen LogP contribution in [0.3, 0.4) is 0 Å². The number of nitrogens with zero attached hydrogens (tertiary/aromatic N) is 1. The van der Waals surface area contributed by atoms with E-state index in [1.54, 1.807) is 4.90 Å². The fraction of sp³-hybridized carbons (Fsp3) is 0.929. The van der Waals surface area contributed by atoms with E-state index < -0.39 is 0 Å². The lowest BCUT2D eigenvalue weighted by Gasteiger charge is -2.22. The molecule has 0 saturated carbocycles. The van der Waals surface area contributed by atoms with Crippen LogP contribution in [0.2, 0.25) is 0 Å².